The quantitative estimate of drug-likeness (QED) is 0.611. The number of aliphatic hydroxyl groups excluding tert-OH is 1. The molecule has 1 unspecified atom stereocenters. The predicted octanol–water partition coefficient (Wildman–Crippen LogP) is 1.18. The van der Waals surface area contributed by atoms with E-state index in [1.807, 2.05) is 6.92 Å². The number of rotatable bonds is 6. The average molecular weight is 292 g/mol. The molecule has 0 saturated carbocycles. The second-order valence-corrected chi connectivity index (χ2v) is 4.56. The van der Waals surface area contributed by atoms with E-state index >= 15 is 0 Å². The van der Waals surface area contributed by atoms with Crippen LogP contribution in [-0.2, 0) is 0 Å². The highest BCUT2D eigenvalue weighted by Gasteiger charge is 2.24. The summed E-state index contributed by atoms with van der Waals surface area (Å²) in [5, 5.41) is 23.1. The molecule has 0 aliphatic carbocycles. The highest BCUT2D eigenvalue weighted by Crippen LogP contribution is 2.20. The van der Waals surface area contributed by atoms with Crippen molar-refractivity contribution in [2.24, 2.45) is 0 Å². The molecule has 2 rings (SSSR count). The zero-order valence-corrected chi connectivity index (χ0v) is 11.5. The Balaban J connectivity index is 2.58. The maximum atomic E-state index is 12.2. The van der Waals surface area contributed by atoms with Gasteiger partial charge in [0.25, 0.3) is 0 Å². The molecular weight excluding hydrogens is 276 g/mol. The van der Waals surface area contributed by atoms with Crippen molar-refractivity contribution < 1.29 is 10.0 Å². The topological polar surface area (TPSA) is 110 Å². The summed E-state index contributed by atoms with van der Waals surface area (Å²) in [6.45, 7) is 1.83. The van der Waals surface area contributed by atoms with Gasteiger partial charge in [0.1, 0.15) is 5.65 Å². The SMILES string of the molecule is CCC(CCO)Nc1nc2ccccn2c(=O)c1[N+](=O)[O-]. The van der Waals surface area contributed by atoms with Crippen LogP contribution in [0, 0.1) is 10.1 Å². The van der Waals surface area contributed by atoms with E-state index in [0.29, 0.717) is 18.5 Å². The molecule has 0 aromatic carbocycles. The summed E-state index contributed by atoms with van der Waals surface area (Å²) in [5.41, 5.74) is -0.989. The third kappa shape index (κ3) is 3.00. The molecule has 1 atom stereocenters. The van der Waals surface area contributed by atoms with E-state index < -0.39 is 16.2 Å². The number of hydrogen-bond acceptors (Lipinski definition) is 6. The maximum absolute atomic E-state index is 12.2. The summed E-state index contributed by atoms with van der Waals surface area (Å²) in [5.74, 6) is -0.0588. The molecule has 2 N–H and O–H groups in total. The lowest BCUT2D eigenvalue weighted by molar-refractivity contribution is -0.385. The number of anilines is 1. The van der Waals surface area contributed by atoms with Crippen LogP contribution in [0.25, 0.3) is 5.65 Å². The van der Waals surface area contributed by atoms with Gasteiger partial charge in [-0.25, -0.2) is 4.98 Å². The van der Waals surface area contributed by atoms with Crippen LogP contribution in [0.3, 0.4) is 0 Å². The van der Waals surface area contributed by atoms with Gasteiger partial charge in [-0.1, -0.05) is 13.0 Å². The van der Waals surface area contributed by atoms with Crippen molar-refractivity contribution in [3.8, 4) is 0 Å². The molecule has 8 nitrogen and oxygen atoms in total. The van der Waals surface area contributed by atoms with Crippen molar-refractivity contribution in [2.45, 2.75) is 25.8 Å². The van der Waals surface area contributed by atoms with Crippen molar-refractivity contribution in [1.82, 2.24) is 9.38 Å². The predicted molar refractivity (Wildman–Crippen MR) is 77.5 cm³/mol. The van der Waals surface area contributed by atoms with Crippen LogP contribution >= 0.6 is 0 Å². The fourth-order valence-corrected chi connectivity index (χ4v) is 2.07. The number of nitrogens with zero attached hydrogens (tertiary/aromatic N) is 3. The van der Waals surface area contributed by atoms with Crippen LogP contribution in [0.15, 0.2) is 29.2 Å². The molecule has 0 radical (unpaired) electrons. The van der Waals surface area contributed by atoms with E-state index in [9.17, 15) is 14.9 Å². The molecule has 8 heteroatoms. The molecular formula is C13H16N4O4. The maximum Gasteiger partial charge on any atom is 0.376 e. The van der Waals surface area contributed by atoms with E-state index in [4.69, 9.17) is 5.11 Å². The summed E-state index contributed by atoms with van der Waals surface area (Å²) in [6, 6.07) is 4.71. The Morgan fingerprint density at radius 1 is 1.52 bits per heavy atom. The van der Waals surface area contributed by atoms with Gasteiger partial charge >= 0.3 is 11.2 Å². The Kier molecular flexibility index (Phi) is 4.49. The molecule has 2 aromatic heterocycles. The van der Waals surface area contributed by atoms with Crippen LogP contribution in [0.5, 0.6) is 0 Å². The van der Waals surface area contributed by atoms with Gasteiger partial charge in [-0.15, -0.1) is 0 Å². The third-order valence-electron chi connectivity index (χ3n) is 3.20. The normalized spacial score (nSPS) is 12.3. The second-order valence-electron chi connectivity index (χ2n) is 4.56. The summed E-state index contributed by atoms with van der Waals surface area (Å²) >= 11 is 0. The van der Waals surface area contributed by atoms with Crippen molar-refractivity contribution in [1.29, 1.82) is 0 Å². The number of nitrogens with one attached hydrogen (secondary N) is 1. The van der Waals surface area contributed by atoms with E-state index in [2.05, 4.69) is 10.3 Å². The summed E-state index contributed by atoms with van der Waals surface area (Å²) in [6.07, 6.45) is 2.50. The van der Waals surface area contributed by atoms with Crippen molar-refractivity contribution in [3.63, 3.8) is 0 Å². The number of nitro groups is 1. The minimum absolute atomic E-state index is 0.0497. The van der Waals surface area contributed by atoms with Gasteiger partial charge < -0.3 is 10.4 Å². The van der Waals surface area contributed by atoms with Crippen LogP contribution in [0.4, 0.5) is 11.5 Å². The van der Waals surface area contributed by atoms with Gasteiger partial charge in [-0.05, 0) is 25.0 Å². The molecule has 2 heterocycles. The first-order valence-electron chi connectivity index (χ1n) is 6.61. The fourth-order valence-electron chi connectivity index (χ4n) is 2.07. The minimum Gasteiger partial charge on any atom is -0.396 e. The van der Waals surface area contributed by atoms with Gasteiger partial charge in [-0.3, -0.25) is 19.3 Å². The average Bonchev–Trinajstić information content (AvgIpc) is 2.46. The van der Waals surface area contributed by atoms with Gasteiger partial charge in [0, 0.05) is 18.8 Å². The molecule has 0 saturated heterocycles. The van der Waals surface area contributed by atoms with Gasteiger partial charge in [0.15, 0.2) is 0 Å². The van der Waals surface area contributed by atoms with E-state index in [-0.39, 0.29) is 18.5 Å². The van der Waals surface area contributed by atoms with Crippen LogP contribution in [0.2, 0.25) is 0 Å². The molecule has 2 aromatic rings. The first-order chi connectivity index (χ1) is 10.1. The number of fused-ring (bicyclic) bond motifs is 1. The summed E-state index contributed by atoms with van der Waals surface area (Å²) < 4.78 is 1.14. The van der Waals surface area contributed by atoms with Gasteiger partial charge in [0.05, 0.1) is 4.92 Å². The lowest BCUT2D eigenvalue weighted by atomic mass is 10.1. The van der Waals surface area contributed by atoms with Crippen molar-refractivity contribution >= 4 is 17.2 Å². The van der Waals surface area contributed by atoms with Crippen LogP contribution in [-0.4, -0.2) is 32.1 Å². The first-order valence-corrected chi connectivity index (χ1v) is 6.61. The van der Waals surface area contributed by atoms with Crippen LogP contribution < -0.4 is 10.9 Å². The Hall–Kier alpha value is -2.48. The molecule has 0 bridgehead atoms. The fraction of sp³-hybridized carbons (Fsp3) is 0.385. The lowest BCUT2D eigenvalue weighted by Crippen LogP contribution is -2.26. The number of hydrogen-bond donors (Lipinski definition) is 2. The van der Waals surface area contributed by atoms with E-state index in [1.165, 1.54) is 6.20 Å². The molecule has 112 valence electrons. The zero-order valence-electron chi connectivity index (χ0n) is 11.5. The molecule has 0 spiro atoms. The number of pyridine rings is 1. The minimum atomic E-state index is -0.733. The van der Waals surface area contributed by atoms with Crippen molar-refractivity contribution in [2.75, 3.05) is 11.9 Å². The molecule has 0 aliphatic rings. The van der Waals surface area contributed by atoms with Gasteiger partial charge in [0.2, 0.25) is 5.82 Å². The van der Waals surface area contributed by atoms with E-state index in [1.54, 1.807) is 18.2 Å². The highest BCUT2D eigenvalue weighted by molar-refractivity contribution is 5.60. The summed E-state index contributed by atoms with van der Waals surface area (Å²) in [4.78, 5) is 26.8. The number of aromatic nitrogens is 2. The van der Waals surface area contributed by atoms with Crippen LogP contribution in [0.1, 0.15) is 19.8 Å². The molecule has 0 fully saturated rings. The third-order valence-corrected chi connectivity index (χ3v) is 3.20. The largest absolute Gasteiger partial charge is 0.396 e. The lowest BCUT2D eigenvalue weighted by Gasteiger charge is -2.16. The standard InChI is InChI=1S/C13H16N4O4/c1-2-9(6-8-18)14-12-11(17(20)21)13(19)16-7-4-3-5-10(16)15-12/h3-5,7,9,14,18H,2,6,8H2,1H3. The Bertz CT molecular complexity index is 713. The Labute approximate surface area is 120 Å². The molecule has 0 amide bonds. The second kappa shape index (κ2) is 6.31. The Morgan fingerprint density at radius 2 is 2.29 bits per heavy atom. The monoisotopic (exact) mass is 292 g/mol. The first kappa shape index (κ1) is 14.9. The van der Waals surface area contributed by atoms with Crippen molar-refractivity contribution in [3.05, 3.63) is 44.9 Å². The molecule has 21 heavy (non-hydrogen) atoms. The molecule has 0 aliphatic heterocycles. The Morgan fingerprint density at radius 3 is 2.90 bits per heavy atom. The van der Waals surface area contributed by atoms with E-state index in [0.717, 1.165) is 4.40 Å². The highest BCUT2D eigenvalue weighted by atomic mass is 16.6. The summed E-state index contributed by atoms with van der Waals surface area (Å²) in [7, 11) is 0. The number of aliphatic hydroxyl groups is 1. The van der Waals surface area contributed by atoms with Gasteiger partial charge in [-0.2, -0.15) is 0 Å². The zero-order chi connectivity index (χ0) is 15.4. The smallest absolute Gasteiger partial charge is 0.376 e.